The molecule has 0 amide bonds. The van der Waals surface area contributed by atoms with E-state index in [1.54, 1.807) is 10.9 Å². The normalized spacial score (nSPS) is 10.9. The highest BCUT2D eigenvalue weighted by Gasteiger charge is 2.08. The van der Waals surface area contributed by atoms with Gasteiger partial charge in [0.2, 0.25) is 0 Å². The van der Waals surface area contributed by atoms with Crippen molar-refractivity contribution in [3.63, 3.8) is 0 Å². The third kappa shape index (κ3) is 1.32. The highest BCUT2D eigenvalue weighted by Crippen LogP contribution is 2.25. The average molecular weight is 259 g/mol. The molecule has 2 aromatic heterocycles. The number of halogens is 1. The monoisotopic (exact) mass is 258 g/mol. The number of aryl methyl sites for hydroxylation is 1. The van der Waals surface area contributed by atoms with Crippen molar-refractivity contribution in [3.8, 4) is 0 Å². The summed E-state index contributed by atoms with van der Waals surface area (Å²) in [6.07, 6.45) is 1.59. The lowest BCUT2D eigenvalue weighted by Gasteiger charge is -1.99. The van der Waals surface area contributed by atoms with Crippen molar-refractivity contribution in [2.24, 2.45) is 0 Å². The minimum atomic E-state index is 0.0284. The Morgan fingerprint density at radius 3 is 3.15 bits per heavy atom. The SMILES string of the molecule is CCn1cnc2scc(Br)c2c1=O. The van der Waals surface area contributed by atoms with Gasteiger partial charge in [0.1, 0.15) is 4.83 Å². The van der Waals surface area contributed by atoms with E-state index in [0.717, 1.165) is 9.30 Å². The van der Waals surface area contributed by atoms with E-state index in [-0.39, 0.29) is 5.56 Å². The number of thiophene rings is 1. The van der Waals surface area contributed by atoms with Gasteiger partial charge in [-0.15, -0.1) is 11.3 Å². The highest BCUT2D eigenvalue weighted by atomic mass is 79.9. The summed E-state index contributed by atoms with van der Waals surface area (Å²) >= 11 is 4.81. The maximum atomic E-state index is 11.7. The number of fused-ring (bicyclic) bond motifs is 1. The largest absolute Gasteiger partial charge is 0.299 e. The summed E-state index contributed by atoms with van der Waals surface area (Å²) in [5.41, 5.74) is 0.0284. The van der Waals surface area contributed by atoms with Gasteiger partial charge >= 0.3 is 0 Å². The first-order valence-corrected chi connectivity index (χ1v) is 5.53. The molecule has 2 aromatic rings. The van der Waals surface area contributed by atoms with E-state index in [4.69, 9.17) is 0 Å². The lowest BCUT2D eigenvalue weighted by atomic mass is 10.4. The average Bonchev–Trinajstić information content (AvgIpc) is 2.49. The van der Waals surface area contributed by atoms with Gasteiger partial charge < -0.3 is 0 Å². The van der Waals surface area contributed by atoms with Crippen LogP contribution in [-0.4, -0.2) is 9.55 Å². The third-order valence-corrected chi connectivity index (χ3v) is 3.67. The fourth-order valence-electron chi connectivity index (χ4n) is 1.16. The first-order valence-electron chi connectivity index (χ1n) is 3.86. The number of hydrogen-bond donors (Lipinski definition) is 0. The standard InChI is InChI=1S/C8H7BrN2OS/c1-2-11-4-10-7-6(8(11)12)5(9)3-13-7/h3-4H,2H2,1H3. The molecule has 0 aliphatic heterocycles. The molecule has 5 heteroatoms. The van der Waals surface area contributed by atoms with E-state index in [2.05, 4.69) is 20.9 Å². The highest BCUT2D eigenvalue weighted by molar-refractivity contribution is 9.10. The van der Waals surface area contributed by atoms with Gasteiger partial charge in [-0.3, -0.25) is 9.36 Å². The summed E-state index contributed by atoms with van der Waals surface area (Å²) in [6, 6.07) is 0. The molecule has 3 nitrogen and oxygen atoms in total. The number of nitrogens with zero attached hydrogens (tertiary/aromatic N) is 2. The van der Waals surface area contributed by atoms with Crippen molar-refractivity contribution in [1.82, 2.24) is 9.55 Å². The van der Waals surface area contributed by atoms with Crippen LogP contribution in [0.25, 0.3) is 10.2 Å². The molecule has 2 rings (SSSR count). The number of aromatic nitrogens is 2. The lowest BCUT2D eigenvalue weighted by Crippen LogP contribution is -2.18. The topological polar surface area (TPSA) is 34.9 Å². The summed E-state index contributed by atoms with van der Waals surface area (Å²) in [5, 5.41) is 2.58. The Balaban J connectivity index is 2.92. The molecule has 0 bridgehead atoms. The van der Waals surface area contributed by atoms with Crippen LogP contribution < -0.4 is 5.56 Å². The Morgan fingerprint density at radius 2 is 2.46 bits per heavy atom. The molecule has 0 atom stereocenters. The van der Waals surface area contributed by atoms with Crippen LogP contribution in [-0.2, 0) is 6.54 Å². The molecule has 0 unspecified atom stereocenters. The van der Waals surface area contributed by atoms with Gasteiger partial charge in [0.15, 0.2) is 0 Å². The zero-order chi connectivity index (χ0) is 9.42. The van der Waals surface area contributed by atoms with Gasteiger partial charge in [0.05, 0.1) is 11.7 Å². The molecular weight excluding hydrogens is 252 g/mol. The van der Waals surface area contributed by atoms with Crippen molar-refractivity contribution in [1.29, 1.82) is 0 Å². The molecule has 0 aromatic carbocycles. The number of hydrogen-bond acceptors (Lipinski definition) is 3. The Kier molecular flexibility index (Phi) is 2.21. The Morgan fingerprint density at radius 1 is 1.69 bits per heavy atom. The molecule has 0 saturated heterocycles. The maximum Gasteiger partial charge on any atom is 0.263 e. The van der Waals surface area contributed by atoms with Crippen LogP contribution in [0.1, 0.15) is 6.92 Å². The molecule has 0 aliphatic carbocycles. The van der Waals surface area contributed by atoms with E-state index in [1.807, 2.05) is 12.3 Å². The van der Waals surface area contributed by atoms with E-state index in [9.17, 15) is 4.79 Å². The van der Waals surface area contributed by atoms with Crippen molar-refractivity contribution in [2.75, 3.05) is 0 Å². The van der Waals surface area contributed by atoms with Gasteiger partial charge in [-0.1, -0.05) is 0 Å². The summed E-state index contributed by atoms with van der Waals surface area (Å²) in [5.74, 6) is 0. The van der Waals surface area contributed by atoms with Crippen LogP contribution in [0.5, 0.6) is 0 Å². The summed E-state index contributed by atoms with van der Waals surface area (Å²) < 4.78 is 2.44. The minimum absolute atomic E-state index is 0.0284. The van der Waals surface area contributed by atoms with E-state index in [0.29, 0.717) is 11.9 Å². The molecule has 0 radical (unpaired) electrons. The molecule has 68 valence electrons. The Bertz CT molecular complexity index is 502. The minimum Gasteiger partial charge on any atom is -0.299 e. The van der Waals surface area contributed by atoms with Crippen LogP contribution in [0.4, 0.5) is 0 Å². The van der Waals surface area contributed by atoms with Crippen molar-refractivity contribution in [2.45, 2.75) is 13.5 Å². The van der Waals surface area contributed by atoms with Crippen LogP contribution in [0.3, 0.4) is 0 Å². The second kappa shape index (κ2) is 3.23. The fourth-order valence-corrected chi connectivity index (χ4v) is 2.68. The van der Waals surface area contributed by atoms with E-state index in [1.165, 1.54) is 11.3 Å². The molecule has 0 fully saturated rings. The first kappa shape index (κ1) is 8.90. The van der Waals surface area contributed by atoms with Gasteiger partial charge in [0.25, 0.3) is 5.56 Å². The molecule has 0 aliphatic rings. The van der Waals surface area contributed by atoms with Crippen LogP contribution in [0, 0.1) is 0 Å². The quantitative estimate of drug-likeness (QED) is 0.787. The molecule has 13 heavy (non-hydrogen) atoms. The van der Waals surface area contributed by atoms with Gasteiger partial charge in [-0.05, 0) is 22.9 Å². The lowest BCUT2D eigenvalue weighted by molar-refractivity contribution is 0.718. The molecule has 0 saturated carbocycles. The van der Waals surface area contributed by atoms with Gasteiger partial charge in [-0.2, -0.15) is 0 Å². The Hall–Kier alpha value is -0.680. The van der Waals surface area contributed by atoms with E-state index < -0.39 is 0 Å². The summed E-state index contributed by atoms with van der Waals surface area (Å²) in [7, 11) is 0. The molecule has 2 heterocycles. The van der Waals surface area contributed by atoms with Gasteiger partial charge in [-0.25, -0.2) is 4.98 Å². The van der Waals surface area contributed by atoms with E-state index >= 15 is 0 Å². The molecule has 0 spiro atoms. The van der Waals surface area contributed by atoms with Crippen molar-refractivity contribution < 1.29 is 0 Å². The second-order valence-corrected chi connectivity index (χ2v) is 4.31. The van der Waals surface area contributed by atoms with Crippen LogP contribution in [0.15, 0.2) is 21.0 Å². The maximum absolute atomic E-state index is 11.7. The van der Waals surface area contributed by atoms with Crippen molar-refractivity contribution >= 4 is 37.5 Å². The second-order valence-electron chi connectivity index (χ2n) is 2.60. The predicted molar refractivity (Wildman–Crippen MR) is 57.3 cm³/mol. The predicted octanol–water partition coefficient (Wildman–Crippen LogP) is 2.24. The molecular formula is C8H7BrN2OS. The number of rotatable bonds is 1. The van der Waals surface area contributed by atoms with Crippen molar-refractivity contribution in [3.05, 3.63) is 26.5 Å². The Labute approximate surface area is 87.2 Å². The zero-order valence-corrected chi connectivity index (χ0v) is 9.35. The smallest absolute Gasteiger partial charge is 0.263 e. The first-order chi connectivity index (χ1) is 6.24. The van der Waals surface area contributed by atoms with Crippen LogP contribution in [0.2, 0.25) is 0 Å². The zero-order valence-electron chi connectivity index (χ0n) is 6.95. The molecule has 0 N–H and O–H groups in total. The van der Waals surface area contributed by atoms with Gasteiger partial charge in [0, 0.05) is 16.4 Å². The summed E-state index contributed by atoms with van der Waals surface area (Å²) in [6.45, 7) is 2.58. The summed E-state index contributed by atoms with van der Waals surface area (Å²) in [4.78, 5) is 16.7. The third-order valence-electron chi connectivity index (χ3n) is 1.86. The fraction of sp³-hybridized carbons (Fsp3) is 0.250. The van der Waals surface area contributed by atoms with Crippen LogP contribution >= 0.6 is 27.3 Å².